The Balaban J connectivity index is 1.91. The van der Waals surface area contributed by atoms with Crippen molar-refractivity contribution in [2.75, 3.05) is 12.0 Å². The van der Waals surface area contributed by atoms with Crippen molar-refractivity contribution in [2.24, 2.45) is 5.92 Å². The topological polar surface area (TPSA) is 38.8 Å². The Morgan fingerprint density at radius 1 is 1.26 bits per heavy atom. The van der Waals surface area contributed by atoms with Crippen LogP contribution in [0.25, 0.3) is 0 Å². The van der Waals surface area contributed by atoms with Crippen LogP contribution < -0.4 is 9.64 Å². The molecule has 5 heteroatoms. The number of aryl methyl sites for hydroxylation is 1. The fraction of sp³-hybridized carbons (Fsp3) is 0.409. The molecule has 0 saturated heterocycles. The average molecular weight is 432 g/mol. The van der Waals surface area contributed by atoms with Crippen LogP contribution in [0.2, 0.25) is 0 Å². The van der Waals surface area contributed by atoms with E-state index in [-0.39, 0.29) is 18.7 Å². The minimum atomic E-state index is -0.314. The number of nitrogens with zero attached hydrogens (tertiary/aromatic N) is 1. The third kappa shape index (κ3) is 4.64. The summed E-state index contributed by atoms with van der Waals surface area (Å²) in [4.78, 5) is 14.9. The maximum Gasteiger partial charge on any atom is 0.415 e. The Morgan fingerprint density at radius 3 is 2.67 bits per heavy atom. The SMILES string of the molecule is COc1cc(Br)cc2c1N(C(=O)OCc1ccccc1)C(CC(C)C)CC2. The molecule has 144 valence electrons. The highest BCUT2D eigenvalue weighted by molar-refractivity contribution is 9.10. The van der Waals surface area contributed by atoms with E-state index in [0.29, 0.717) is 11.7 Å². The summed E-state index contributed by atoms with van der Waals surface area (Å²) in [5.74, 6) is 1.19. The molecule has 0 aliphatic carbocycles. The molecule has 1 amide bonds. The molecular weight excluding hydrogens is 406 g/mol. The summed E-state index contributed by atoms with van der Waals surface area (Å²) >= 11 is 3.54. The molecule has 2 aromatic carbocycles. The summed E-state index contributed by atoms with van der Waals surface area (Å²) in [6.45, 7) is 4.63. The molecule has 0 bridgehead atoms. The molecular formula is C22H26BrNO3. The highest BCUT2D eigenvalue weighted by atomic mass is 79.9. The first-order chi connectivity index (χ1) is 13.0. The molecule has 2 aromatic rings. The van der Waals surface area contributed by atoms with Gasteiger partial charge in [-0.1, -0.05) is 60.1 Å². The highest BCUT2D eigenvalue weighted by Gasteiger charge is 2.35. The minimum Gasteiger partial charge on any atom is -0.495 e. The first kappa shape index (κ1) is 19.7. The van der Waals surface area contributed by atoms with Crippen LogP contribution in [-0.2, 0) is 17.8 Å². The number of carbonyl (C=O) groups excluding carboxylic acids is 1. The number of carbonyl (C=O) groups is 1. The second-order valence-electron chi connectivity index (χ2n) is 7.35. The molecule has 4 nitrogen and oxygen atoms in total. The molecule has 0 saturated carbocycles. The Kier molecular flexibility index (Phi) is 6.42. The van der Waals surface area contributed by atoms with E-state index >= 15 is 0 Å². The van der Waals surface area contributed by atoms with Crippen LogP contribution in [0.1, 0.15) is 37.8 Å². The molecule has 1 unspecified atom stereocenters. The first-order valence-corrected chi connectivity index (χ1v) is 10.1. The zero-order chi connectivity index (χ0) is 19.4. The summed E-state index contributed by atoms with van der Waals surface area (Å²) in [6.07, 6.45) is 2.46. The van der Waals surface area contributed by atoms with Crippen molar-refractivity contribution in [3.8, 4) is 5.75 Å². The van der Waals surface area contributed by atoms with Crippen molar-refractivity contribution >= 4 is 27.7 Å². The summed E-state index contributed by atoms with van der Waals surface area (Å²) in [6, 6.07) is 13.9. The van der Waals surface area contributed by atoms with E-state index in [4.69, 9.17) is 9.47 Å². The Labute approximate surface area is 169 Å². The lowest BCUT2D eigenvalue weighted by molar-refractivity contribution is 0.142. The molecule has 1 atom stereocenters. The quantitative estimate of drug-likeness (QED) is 0.585. The third-order valence-electron chi connectivity index (χ3n) is 4.84. The number of anilines is 1. The smallest absolute Gasteiger partial charge is 0.415 e. The van der Waals surface area contributed by atoms with E-state index in [0.717, 1.165) is 40.5 Å². The van der Waals surface area contributed by atoms with Crippen molar-refractivity contribution < 1.29 is 14.3 Å². The lowest BCUT2D eigenvalue weighted by atomic mass is 9.90. The molecule has 0 fully saturated rings. The van der Waals surface area contributed by atoms with Crippen molar-refractivity contribution in [1.82, 2.24) is 0 Å². The molecule has 27 heavy (non-hydrogen) atoms. The van der Waals surface area contributed by atoms with Crippen LogP contribution in [-0.4, -0.2) is 19.2 Å². The zero-order valence-corrected chi connectivity index (χ0v) is 17.7. The van der Waals surface area contributed by atoms with Gasteiger partial charge in [0.1, 0.15) is 12.4 Å². The number of hydrogen-bond donors (Lipinski definition) is 0. The van der Waals surface area contributed by atoms with E-state index in [9.17, 15) is 4.79 Å². The van der Waals surface area contributed by atoms with Crippen molar-refractivity contribution in [1.29, 1.82) is 0 Å². The lowest BCUT2D eigenvalue weighted by Crippen LogP contribution is -2.45. The molecule has 0 spiro atoms. The number of hydrogen-bond acceptors (Lipinski definition) is 3. The molecule has 1 aliphatic heterocycles. The largest absolute Gasteiger partial charge is 0.495 e. The van der Waals surface area contributed by atoms with Gasteiger partial charge in [-0.2, -0.15) is 0 Å². The van der Waals surface area contributed by atoms with E-state index in [1.165, 1.54) is 0 Å². The van der Waals surface area contributed by atoms with Gasteiger partial charge >= 0.3 is 6.09 Å². The van der Waals surface area contributed by atoms with Crippen molar-refractivity contribution in [3.05, 3.63) is 58.1 Å². The lowest BCUT2D eigenvalue weighted by Gasteiger charge is -2.38. The summed E-state index contributed by atoms with van der Waals surface area (Å²) in [5, 5.41) is 0. The maximum absolute atomic E-state index is 13.1. The average Bonchev–Trinajstić information content (AvgIpc) is 2.65. The fourth-order valence-corrected chi connectivity index (χ4v) is 4.16. The highest BCUT2D eigenvalue weighted by Crippen LogP contribution is 2.42. The zero-order valence-electron chi connectivity index (χ0n) is 16.1. The van der Waals surface area contributed by atoms with Gasteiger partial charge in [0.15, 0.2) is 0 Å². The standard InChI is InChI=1S/C22H26BrNO3/c1-15(2)11-19-10-9-17-12-18(23)13-20(26-3)21(17)24(19)22(25)27-14-16-7-5-4-6-8-16/h4-8,12-13,15,19H,9-11,14H2,1-3H3. The summed E-state index contributed by atoms with van der Waals surface area (Å²) < 4.78 is 12.3. The van der Waals surface area contributed by atoms with Gasteiger partial charge < -0.3 is 9.47 Å². The molecule has 0 aromatic heterocycles. The Bertz CT molecular complexity index is 774. The van der Waals surface area contributed by atoms with Crippen LogP contribution in [0.15, 0.2) is 46.9 Å². The van der Waals surface area contributed by atoms with E-state index < -0.39 is 0 Å². The number of halogens is 1. The number of amides is 1. The van der Waals surface area contributed by atoms with Crippen molar-refractivity contribution in [3.63, 3.8) is 0 Å². The van der Waals surface area contributed by atoms with Crippen molar-refractivity contribution in [2.45, 2.75) is 45.8 Å². The van der Waals surface area contributed by atoms with Gasteiger partial charge in [0.2, 0.25) is 0 Å². The minimum absolute atomic E-state index is 0.107. The second-order valence-corrected chi connectivity index (χ2v) is 8.26. The number of rotatable bonds is 5. The number of fused-ring (bicyclic) bond motifs is 1. The molecule has 1 heterocycles. The van der Waals surface area contributed by atoms with Gasteiger partial charge in [0.25, 0.3) is 0 Å². The molecule has 0 radical (unpaired) electrons. The van der Waals surface area contributed by atoms with Gasteiger partial charge in [-0.25, -0.2) is 4.79 Å². The Hall–Kier alpha value is -2.01. The first-order valence-electron chi connectivity index (χ1n) is 9.36. The van der Waals surface area contributed by atoms with Crippen LogP contribution in [0, 0.1) is 5.92 Å². The predicted octanol–water partition coefficient (Wildman–Crippen LogP) is 5.96. The normalized spacial score (nSPS) is 16.2. The van der Waals surface area contributed by atoms with Gasteiger partial charge in [-0.3, -0.25) is 4.90 Å². The van der Waals surface area contributed by atoms with E-state index in [1.807, 2.05) is 41.3 Å². The van der Waals surface area contributed by atoms with E-state index in [2.05, 4.69) is 35.8 Å². The third-order valence-corrected chi connectivity index (χ3v) is 5.29. The summed E-state index contributed by atoms with van der Waals surface area (Å²) in [5.41, 5.74) is 2.93. The second kappa shape index (κ2) is 8.79. The monoisotopic (exact) mass is 431 g/mol. The fourth-order valence-electron chi connectivity index (χ4n) is 3.68. The summed E-state index contributed by atoms with van der Waals surface area (Å²) in [7, 11) is 1.64. The van der Waals surface area contributed by atoms with E-state index in [1.54, 1.807) is 7.11 Å². The predicted molar refractivity (Wildman–Crippen MR) is 111 cm³/mol. The molecule has 3 rings (SSSR count). The molecule has 1 aliphatic rings. The molecule has 0 N–H and O–H groups in total. The van der Waals surface area contributed by atoms with Crippen LogP contribution in [0.5, 0.6) is 5.75 Å². The number of benzene rings is 2. The maximum atomic E-state index is 13.1. The van der Waals surface area contributed by atoms with Crippen LogP contribution in [0.3, 0.4) is 0 Å². The van der Waals surface area contributed by atoms with Gasteiger partial charge in [0, 0.05) is 10.5 Å². The number of ether oxygens (including phenoxy) is 2. The van der Waals surface area contributed by atoms with Gasteiger partial charge in [-0.15, -0.1) is 0 Å². The van der Waals surface area contributed by atoms with Gasteiger partial charge in [0.05, 0.1) is 12.8 Å². The van der Waals surface area contributed by atoms with Crippen LogP contribution in [0.4, 0.5) is 10.5 Å². The Morgan fingerprint density at radius 2 is 2.00 bits per heavy atom. The number of methoxy groups -OCH3 is 1. The van der Waals surface area contributed by atoms with Gasteiger partial charge in [-0.05, 0) is 48.4 Å². The van der Waals surface area contributed by atoms with Crippen LogP contribution >= 0.6 is 15.9 Å².